The maximum Gasteiger partial charge on any atom is 0.334 e. The molecule has 0 amide bonds. The number of alkyl halides is 3. The average Bonchev–Trinajstić information content (AvgIpc) is 2.07. The third-order valence-electron chi connectivity index (χ3n) is 0.839. The van der Waals surface area contributed by atoms with Crippen LogP contribution in [-0.4, -0.2) is 30.0 Å². The minimum Gasteiger partial charge on any atom is -0.311 e. The highest BCUT2D eigenvalue weighted by molar-refractivity contribution is 7.41. The van der Waals surface area contributed by atoms with Crippen LogP contribution >= 0.6 is 43.4 Å². The van der Waals surface area contributed by atoms with Crippen molar-refractivity contribution < 1.29 is 13.6 Å². The molecule has 0 spiro atoms. The van der Waals surface area contributed by atoms with Crippen molar-refractivity contribution in [2.45, 2.75) is 18.9 Å². The molecule has 0 aliphatic heterocycles. The maximum absolute atomic E-state index is 5.85. The molecule has 0 N–H and O–H groups in total. The summed E-state index contributed by atoms with van der Waals surface area (Å²) >= 11 is 16.8. The monoisotopic (exact) mass is 282 g/mol. The van der Waals surface area contributed by atoms with Gasteiger partial charge in [0.05, 0.1) is 13.2 Å². The lowest BCUT2D eigenvalue weighted by molar-refractivity contribution is 0.120. The average molecular weight is 284 g/mol. The molecular formula is C7H14Cl3O3P. The quantitative estimate of drug-likeness (QED) is 0.502. The van der Waals surface area contributed by atoms with Crippen molar-refractivity contribution in [2.24, 2.45) is 0 Å². The summed E-state index contributed by atoms with van der Waals surface area (Å²) < 4.78 is 15.7. The molecule has 0 unspecified atom stereocenters. The zero-order valence-corrected chi connectivity index (χ0v) is 11.3. The first kappa shape index (κ1) is 15.2. The Balaban J connectivity index is 3.84. The largest absolute Gasteiger partial charge is 0.334 e. The van der Waals surface area contributed by atoms with E-state index >= 15 is 0 Å². The zero-order valence-electron chi connectivity index (χ0n) is 8.13. The molecule has 0 atom stereocenters. The minimum absolute atomic E-state index is 0.364. The zero-order chi connectivity index (χ0) is 11.0. The van der Waals surface area contributed by atoms with Gasteiger partial charge in [-0.2, -0.15) is 0 Å². The first-order valence-corrected chi connectivity index (χ1v) is 6.60. The van der Waals surface area contributed by atoms with Gasteiger partial charge in [0.25, 0.3) is 0 Å². The van der Waals surface area contributed by atoms with Crippen molar-refractivity contribution in [2.75, 3.05) is 25.0 Å². The predicted octanol–water partition coefficient (Wildman–Crippen LogP) is 3.72. The highest BCUT2D eigenvalue weighted by Gasteiger charge is 2.23. The summed E-state index contributed by atoms with van der Waals surface area (Å²) in [6.45, 7) is 4.14. The van der Waals surface area contributed by atoms with Crippen LogP contribution < -0.4 is 0 Å². The second-order valence-corrected chi connectivity index (χ2v) is 5.54. The molecule has 0 aliphatic rings. The molecule has 86 valence electrons. The van der Waals surface area contributed by atoms with Crippen LogP contribution in [0.25, 0.3) is 0 Å². The van der Waals surface area contributed by atoms with E-state index in [0.29, 0.717) is 25.0 Å². The molecule has 14 heavy (non-hydrogen) atoms. The van der Waals surface area contributed by atoms with Gasteiger partial charge in [0.1, 0.15) is 5.06 Å². The molecule has 0 aromatic heterocycles. The van der Waals surface area contributed by atoms with Gasteiger partial charge < -0.3 is 9.05 Å². The first-order valence-electron chi connectivity index (χ1n) is 4.05. The van der Waals surface area contributed by atoms with E-state index in [0.717, 1.165) is 0 Å². The van der Waals surface area contributed by atoms with Crippen molar-refractivity contribution in [3.63, 3.8) is 0 Å². The van der Waals surface area contributed by atoms with Gasteiger partial charge in [0, 0.05) is 11.8 Å². The summed E-state index contributed by atoms with van der Waals surface area (Å²) in [6, 6.07) is 0. The molecule has 0 aromatic rings. The van der Waals surface area contributed by atoms with E-state index in [2.05, 4.69) is 0 Å². The van der Waals surface area contributed by atoms with Gasteiger partial charge in [-0.05, 0) is 13.8 Å². The topological polar surface area (TPSA) is 27.7 Å². The van der Waals surface area contributed by atoms with Gasteiger partial charge in [-0.3, -0.25) is 4.52 Å². The van der Waals surface area contributed by atoms with E-state index in [1.54, 1.807) is 13.8 Å². The summed E-state index contributed by atoms with van der Waals surface area (Å²) in [5.74, 6) is 0.768. The minimum atomic E-state index is -1.46. The molecular weight excluding hydrogens is 269 g/mol. The van der Waals surface area contributed by atoms with E-state index in [4.69, 9.17) is 48.4 Å². The van der Waals surface area contributed by atoms with Crippen LogP contribution in [0.2, 0.25) is 0 Å². The third kappa shape index (κ3) is 9.72. The van der Waals surface area contributed by atoms with Crippen LogP contribution in [0.15, 0.2) is 0 Å². The Morgan fingerprint density at radius 2 is 1.50 bits per heavy atom. The van der Waals surface area contributed by atoms with Crippen molar-refractivity contribution in [1.82, 2.24) is 0 Å². The normalized spacial score (nSPS) is 12.4. The highest BCUT2D eigenvalue weighted by Crippen LogP contribution is 2.44. The van der Waals surface area contributed by atoms with Crippen LogP contribution in [-0.2, 0) is 13.6 Å². The van der Waals surface area contributed by atoms with Crippen molar-refractivity contribution in [3.05, 3.63) is 0 Å². The molecule has 0 aromatic carbocycles. The van der Waals surface area contributed by atoms with Gasteiger partial charge in [0.15, 0.2) is 0 Å². The fourth-order valence-electron chi connectivity index (χ4n) is 0.485. The predicted molar refractivity (Wildman–Crippen MR) is 61.3 cm³/mol. The Labute approximate surface area is 101 Å². The van der Waals surface area contributed by atoms with Gasteiger partial charge in [0.2, 0.25) is 0 Å². The van der Waals surface area contributed by atoms with Crippen molar-refractivity contribution in [1.29, 1.82) is 0 Å². The van der Waals surface area contributed by atoms with E-state index in [9.17, 15) is 0 Å². The smallest absolute Gasteiger partial charge is 0.311 e. The molecule has 0 aliphatic carbocycles. The molecule has 0 saturated heterocycles. The number of halogens is 3. The van der Waals surface area contributed by atoms with Gasteiger partial charge in [-0.1, -0.05) is 11.6 Å². The second-order valence-electron chi connectivity index (χ2n) is 2.72. The van der Waals surface area contributed by atoms with Crippen LogP contribution in [0.4, 0.5) is 0 Å². The lowest BCUT2D eigenvalue weighted by Crippen LogP contribution is -2.14. The fraction of sp³-hybridized carbons (Fsp3) is 1.00. The maximum atomic E-state index is 5.85. The number of hydrogen-bond acceptors (Lipinski definition) is 3. The van der Waals surface area contributed by atoms with Crippen LogP contribution in [0, 0.1) is 0 Å². The second kappa shape index (κ2) is 8.35. The van der Waals surface area contributed by atoms with E-state index in [1.807, 2.05) is 0 Å². The number of hydrogen-bond donors (Lipinski definition) is 0. The lowest BCUT2D eigenvalue weighted by Gasteiger charge is -2.23. The van der Waals surface area contributed by atoms with Crippen LogP contribution in [0.5, 0.6) is 0 Å². The van der Waals surface area contributed by atoms with Crippen LogP contribution in [0.3, 0.4) is 0 Å². The van der Waals surface area contributed by atoms with Gasteiger partial charge in [-0.15, -0.1) is 23.2 Å². The summed E-state index contributed by atoms with van der Waals surface area (Å²) in [7, 11) is -1.46. The Bertz CT molecular complexity index is 135. The van der Waals surface area contributed by atoms with E-state index in [-0.39, 0.29) is 0 Å². The van der Waals surface area contributed by atoms with E-state index in [1.165, 1.54) is 0 Å². The van der Waals surface area contributed by atoms with Crippen molar-refractivity contribution >= 4 is 43.4 Å². The summed E-state index contributed by atoms with van der Waals surface area (Å²) in [4.78, 5) is 0. The molecule has 0 fully saturated rings. The molecule has 0 saturated carbocycles. The molecule has 3 nitrogen and oxygen atoms in total. The van der Waals surface area contributed by atoms with Gasteiger partial charge >= 0.3 is 8.60 Å². The van der Waals surface area contributed by atoms with Gasteiger partial charge in [-0.25, -0.2) is 0 Å². The van der Waals surface area contributed by atoms with Crippen LogP contribution in [0.1, 0.15) is 13.8 Å². The summed E-state index contributed by atoms with van der Waals surface area (Å²) in [5.41, 5.74) is 0. The highest BCUT2D eigenvalue weighted by atomic mass is 35.5. The molecule has 7 heteroatoms. The van der Waals surface area contributed by atoms with E-state index < -0.39 is 13.7 Å². The Morgan fingerprint density at radius 3 is 1.79 bits per heavy atom. The summed E-state index contributed by atoms with van der Waals surface area (Å²) in [6.07, 6.45) is 0. The van der Waals surface area contributed by atoms with Crippen molar-refractivity contribution in [3.8, 4) is 0 Å². The molecule has 0 heterocycles. The standard InChI is InChI=1S/C7H14Cl3O3P/c1-7(2,10)13-14(11-5-3-8)12-6-4-9/h3-6H2,1-2H3. The molecule has 0 rings (SSSR count). The molecule has 0 bridgehead atoms. The first-order chi connectivity index (χ1) is 6.49. The summed E-state index contributed by atoms with van der Waals surface area (Å²) in [5, 5.41) is -0.815. The Morgan fingerprint density at radius 1 is 1.07 bits per heavy atom. The number of rotatable bonds is 8. The SMILES string of the molecule is CC(C)(Cl)OP(OCCCl)OCCCl. The Hall–Kier alpha value is 1.18. The lowest BCUT2D eigenvalue weighted by atomic mass is 10.5. The Kier molecular flexibility index (Phi) is 9.05. The third-order valence-corrected chi connectivity index (χ3v) is 2.72. The molecule has 0 radical (unpaired) electrons. The fourth-order valence-corrected chi connectivity index (χ4v) is 2.04.